The van der Waals surface area contributed by atoms with Crippen molar-refractivity contribution in [3.05, 3.63) is 29.7 Å². The molecule has 0 radical (unpaired) electrons. The van der Waals surface area contributed by atoms with Crippen molar-refractivity contribution >= 4 is 35.1 Å². The molecule has 0 aromatic carbocycles. The summed E-state index contributed by atoms with van der Waals surface area (Å²) in [4.78, 5) is 4.98. The average molecular weight is 230 g/mol. The van der Waals surface area contributed by atoms with E-state index in [4.69, 9.17) is 11.6 Å². The first-order valence-corrected chi connectivity index (χ1v) is 5.34. The van der Waals surface area contributed by atoms with E-state index in [0.29, 0.717) is 5.15 Å². The van der Waals surface area contributed by atoms with Gasteiger partial charge in [-0.15, -0.1) is 0 Å². The summed E-state index contributed by atoms with van der Waals surface area (Å²) < 4.78 is 7.92. The van der Waals surface area contributed by atoms with Crippen LogP contribution in [0.1, 0.15) is 0 Å². The summed E-state index contributed by atoms with van der Waals surface area (Å²) in [5, 5.41) is 1.21. The Morgan fingerprint density at radius 3 is 2.62 bits per heavy atom. The Balaban J connectivity index is 2.20. The number of pyridine rings is 1. The molecule has 0 aliphatic heterocycles. The molecule has 6 heteroatoms. The number of halogens is 1. The summed E-state index contributed by atoms with van der Waals surface area (Å²) in [5.41, 5.74) is 0. The molecule has 0 aliphatic carbocycles. The van der Waals surface area contributed by atoms with Gasteiger partial charge in [0.1, 0.15) is 0 Å². The zero-order valence-corrected chi connectivity index (χ0v) is 8.73. The Morgan fingerprint density at radius 2 is 2.00 bits per heavy atom. The molecule has 0 saturated heterocycles. The molecule has 0 N–H and O–H groups in total. The number of rotatable bonds is 2. The van der Waals surface area contributed by atoms with E-state index in [1.165, 1.54) is 11.8 Å². The standard InChI is InChI=1S/C7H4ClN3S2/c8-6-7(11-13-10-6)12-5-1-3-9-4-2-5/h1-4H. The topological polar surface area (TPSA) is 38.7 Å². The fraction of sp³-hybridized carbons (Fsp3) is 0. The first-order chi connectivity index (χ1) is 6.36. The van der Waals surface area contributed by atoms with Crippen molar-refractivity contribution in [2.24, 2.45) is 0 Å². The van der Waals surface area contributed by atoms with Crippen molar-refractivity contribution in [3.8, 4) is 0 Å². The molecular weight excluding hydrogens is 226 g/mol. The van der Waals surface area contributed by atoms with E-state index in [0.717, 1.165) is 21.6 Å². The molecule has 2 heterocycles. The molecule has 0 atom stereocenters. The maximum absolute atomic E-state index is 5.79. The predicted molar refractivity (Wildman–Crippen MR) is 53.3 cm³/mol. The molecule has 13 heavy (non-hydrogen) atoms. The van der Waals surface area contributed by atoms with Gasteiger partial charge in [0.25, 0.3) is 0 Å². The van der Waals surface area contributed by atoms with E-state index in [2.05, 4.69) is 13.7 Å². The Hall–Kier alpha value is -0.650. The third-order valence-electron chi connectivity index (χ3n) is 1.29. The van der Waals surface area contributed by atoms with Crippen LogP contribution in [0.3, 0.4) is 0 Å². The van der Waals surface area contributed by atoms with Gasteiger partial charge in [0, 0.05) is 17.3 Å². The Morgan fingerprint density at radius 1 is 1.23 bits per heavy atom. The quantitative estimate of drug-likeness (QED) is 0.794. The molecule has 2 aromatic rings. The van der Waals surface area contributed by atoms with Gasteiger partial charge in [-0.05, 0) is 12.1 Å². The van der Waals surface area contributed by atoms with Gasteiger partial charge in [-0.1, -0.05) is 23.4 Å². The zero-order chi connectivity index (χ0) is 9.10. The van der Waals surface area contributed by atoms with E-state index in [9.17, 15) is 0 Å². The SMILES string of the molecule is Clc1nsnc1Sc1ccncc1. The van der Waals surface area contributed by atoms with Gasteiger partial charge in [-0.25, -0.2) is 0 Å². The number of hydrogen-bond donors (Lipinski definition) is 0. The van der Waals surface area contributed by atoms with Crippen LogP contribution in [0, 0.1) is 0 Å². The molecule has 0 amide bonds. The fourth-order valence-electron chi connectivity index (χ4n) is 0.749. The third-order valence-corrected chi connectivity index (χ3v) is 3.39. The maximum atomic E-state index is 5.79. The summed E-state index contributed by atoms with van der Waals surface area (Å²) in [6.45, 7) is 0. The van der Waals surface area contributed by atoms with Crippen LogP contribution in [-0.2, 0) is 0 Å². The molecule has 2 aromatic heterocycles. The summed E-state index contributed by atoms with van der Waals surface area (Å²) in [5.74, 6) is 0. The highest BCUT2D eigenvalue weighted by molar-refractivity contribution is 7.99. The van der Waals surface area contributed by atoms with Crippen molar-refractivity contribution in [3.63, 3.8) is 0 Å². The number of nitrogens with zero attached hydrogens (tertiary/aromatic N) is 3. The van der Waals surface area contributed by atoms with Crippen LogP contribution in [0.25, 0.3) is 0 Å². The highest BCUT2D eigenvalue weighted by atomic mass is 35.5. The van der Waals surface area contributed by atoms with Crippen LogP contribution < -0.4 is 0 Å². The van der Waals surface area contributed by atoms with Crippen LogP contribution in [0.4, 0.5) is 0 Å². The molecule has 0 bridgehead atoms. The first kappa shape index (κ1) is 8.93. The smallest absolute Gasteiger partial charge is 0.177 e. The molecule has 0 unspecified atom stereocenters. The van der Waals surface area contributed by atoms with Crippen LogP contribution in [0.15, 0.2) is 34.4 Å². The van der Waals surface area contributed by atoms with Crippen LogP contribution in [-0.4, -0.2) is 13.7 Å². The average Bonchev–Trinajstić information content (AvgIpc) is 2.54. The molecule has 0 aliphatic rings. The monoisotopic (exact) mass is 229 g/mol. The number of aromatic nitrogens is 3. The molecule has 0 saturated carbocycles. The maximum Gasteiger partial charge on any atom is 0.177 e. The van der Waals surface area contributed by atoms with Crippen LogP contribution in [0.5, 0.6) is 0 Å². The molecule has 0 spiro atoms. The lowest BCUT2D eigenvalue weighted by Gasteiger charge is -1.95. The second-order valence-electron chi connectivity index (χ2n) is 2.15. The van der Waals surface area contributed by atoms with E-state index >= 15 is 0 Å². The van der Waals surface area contributed by atoms with Crippen molar-refractivity contribution in [1.82, 2.24) is 13.7 Å². The van der Waals surface area contributed by atoms with Gasteiger partial charge >= 0.3 is 0 Å². The van der Waals surface area contributed by atoms with E-state index in [1.807, 2.05) is 12.1 Å². The second kappa shape index (κ2) is 4.04. The lowest BCUT2D eigenvalue weighted by atomic mass is 10.5. The van der Waals surface area contributed by atoms with Gasteiger partial charge in [0.15, 0.2) is 10.2 Å². The van der Waals surface area contributed by atoms with Crippen molar-refractivity contribution in [2.75, 3.05) is 0 Å². The predicted octanol–water partition coefficient (Wildman–Crippen LogP) is 2.74. The molecule has 3 nitrogen and oxygen atoms in total. The lowest BCUT2D eigenvalue weighted by molar-refractivity contribution is 1.23. The van der Waals surface area contributed by atoms with Crippen LogP contribution in [0.2, 0.25) is 5.15 Å². The lowest BCUT2D eigenvalue weighted by Crippen LogP contribution is -1.74. The second-order valence-corrected chi connectivity index (χ2v) is 4.09. The fourth-order valence-corrected chi connectivity index (χ4v) is 2.33. The van der Waals surface area contributed by atoms with Gasteiger partial charge in [-0.2, -0.15) is 8.75 Å². The summed E-state index contributed by atoms with van der Waals surface area (Å²) >= 11 is 8.39. The van der Waals surface area contributed by atoms with Crippen molar-refractivity contribution in [2.45, 2.75) is 9.92 Å². The minimum Gasteiger partial charge on any atom is -0.265 e. The minimum atomic E-state index is 0.465. The first-order valence-electron chi connectivity index (χ1n) is 3.42. The normalized spacial score (nSPS) is 10.2. The highest BCUT2D eigenvalue weighted by Crippen LogP contribution is 2.30. The molecule has 0 fully saturated rings. The van der Waals surface area contributed by atoms with Gasteiger partial charge < -0.3 is 0 Å². The Kier molecular flexibility index (Phi) is 2.77. The Bertz CT molecular complexity index is 390. The molecule has 2 rings (SSSR count). The minimum absolute atomic E-state index is 0.465. The van der Waals surface area contributed by atoms with Gasteiger partial charge in [0.2, 0.25) is 0 Å². The van der Waals surface area contributed by atoms with E-state index in [-0.39, 0.29) is 0 Å². The Labute approximate surface area is 88.5 Å². The van der Waals surface area contributed by atoms with Crippen molar-refractivity contribution < 1.29 is 0 Å². The van der Waals surface area contributed by atoms with Gasteiger partial charge in [0.05, 0.1) is 11.7 Å². The van der Waals surface area contributed by atoms with E-state index in [1.54, 1.807) is 12.4 Å². The summed E-state index contributed by atoms with van der Waals surface area (Å²) in [6, 6.07) is 3.81. The van der Waals surface area contributed by atoms with Crippen LogP contribution >= 0.6 is 35.1 Å². The van der Waals surface area contributed by atoms with Gasteiger partial charge in [-0.3, -0.25) is 4.98 Å². The third kappa shape index (κ3) is 2.18. The highest BCUT2D eigenvalue weighted by Gasteiger charge is 2.06. The molecular formula is C7H4ClN3S2. The zero-order valence-electron chi connectivity index (χ0n) is 6.35. The van der Waals surface area contributed by atoms with Crippen molar-refractivity contribution in [1.29, 1.82) is 0 Å². The van der Waals surface area contributed by atoms with E-state index < -0.39 is 0 Å². The molecule has 66 valence electrons. The summed E-state index contributed by atoms with van der Waals surface area (Å²) in [6.07, 6.45) is 3.46. The number of hydrogen-bond acceptors (Lipinski definition) is 5. The largest absolute Gasteiger partial charge is 0.265 e. The summed E-state index contributed by atoms with van der Waals surface area (Å²) in [7, 11) is 0.